The molecular weight excluding hydrogens is 253 g/mol. The normalized spacial score (nSPS) is 10.9. The maximum absolute atomic E-state index is 13.2. The van der Waals surface area contributed by atoms with Gasteiger partial charge in [0.25, 0.3) is 0 Å². The fourth-order valence-corrected chi connectivity index (χ4v) is 2.39. The van der Waals surface area contributed by atoms with E-state index in [1.165, 1.54) is 6.07 Å². The van der Waals surface area contributed by atoms with Crippen LogP contribution in [0.2, 0.25) is 0 Å². The van der Waals surface area contributed by atoms with Crippen LogP contribution < -0.4 is 4.74 Å². The average molecular weight is 269 g/mol. The number of fused-ring (bicyclic) bond motifs is 1. The fraction of sp³-hybridized carbons (Fsp3) is 0.176. The van der Waals surface area contributed by atoms with E-state index in [-0.39, 0.29) is 5.82 Å². The van der Waals surface area contributed by atoms with Crippen molar-refractivity contribution < 1.29 is 9.13 Å². The molecule has 0 saturated heterocycles. The topological polar surface area (TPSA) is 14.2 Å². The maximum atomic E-state index is 13.2. The predicted octanol–water partition coefficient (Wildman–Crippen LogP) is 4.20. The highest BCUT2D eigenvalue weighted by Gasteiger charge is 2.07. The second-order valence-electron chi connectivity index (χ2n) is 4.95. The molecule has 0 atom stereocenters. The van der Waals surface area contributed by atoms with Crippen molar-refractivity contribution in [3.05, 3.63) is 65.6 Å². The monoisotopic (exact) mass is 269 g/mol. The van der Waals surface area contributed by atoms with E-state index in [1.54, 1.807) is 12.1 Å². The lowest BCUT2D eigenvalue weighted by Crippen LogP contribution is -2.02. The molecule has 102 valence electrons. The maximum Gasteiger partial charge on any atom is 0.128 e. The van der Waals surface area contributed by atoms with Crippen molar-refractivity contribution in [2.45, 2.75) is 13.5 Å². The van der Waals surface area contributed by atoms with Crippen LogP contribution in [-0.2, 0) is 13.7 Å². The Kier molecular flexibility index (Phi) is 3.18. The molecule has 2 aromatic carbocycles. The van der Waals surface area contributed by atoms with Crippen molar-refractivity contribution in [3.8, 4) is 5.75 Å². The predicted molar refractivity (Wildman–Crippen MR) is 78.4 cm³/mol. The number of para-hydroxylation sites is 1. The van der Waals surface area contributed by atoms with Gasteiger partial charge in [0.15, 0.2) is 0 Å². The van der Waals surface area contributed by atoms with Gasteiger partial charge in [-0.25, -0.2) is 4.39 Å². The summed E-state index contributed by atoms with van der Waals surface area (Å²) in [6.07, 6.45) is 0. The first-order chi connectivity index (χ1) is 9.65. The Labute approximate surface area is 117 Å². The van der Waals surface area contributed by atoms with Gasteiger partial charge in [-0.2, -0.15) is 0 Å². The van der Waals surface area contributed by atoms with E-state index < -0.39 is 0 Å². The van der Waals surface area contributed by atoms with Crippen LogP contribution in [0.4, 0.5) is 4.39 Å². The van der Waals surface area contributed by atoms with E-state index in [0.717, 1.165) is 27.9 Å². The van der Waals surface area contributed by atoms with Crippen molar-refractivity contribution in [1.82, 2.24) is 4.57 Å². The Hall–Kier alpha value is -2.29. The highest BCUT2D eigenvalue weighted by Crippen LogP contribution is 2.22. The standard InChI is InChI=1S/C17H16FNO/c1-12-5-3-4-6-17(12)20-11-15-10-13-9-14(18)7-8-16(13)19(15)2/h3-10H,11H2,1-2H3. The minimum atomic E-state index is -0.213. The summed E-state index contributed by atoms with van der Waals surface area (Å²) >= 11 is 0. The lowest BCUT2D eigenvalue weighted by Gasteiger charge is -2.09. The molecule has 2 nitrogen and oxygen atoms in total. The lowest BCUT2D eigenvalue weighted by molar-refractivity contribution is 0.296. The summed E-state index contributed by atoms with van der Waals surface area (Å²) in [7, 11) is 1.97. The molecule has 0 aliphatic carbocycles. The van der Waals surface area contributed by atoms with Crippen molar-refractivity contribution in [2.24, 2.45) is 7.05 Å². The molecular formula is C17H16FNO. The van der Waals surface area contributed by atoms with Gasteiger partial charge in [-0.05, 0) is 42.8 Å². The Morgan fingerprint density at radius 2 is 1.90 bits per heavy atom. The first-order valence-electron chi connectivity index (χ1n) is 6.57. The number of rotatable bonds is 3. The van der Waals surface area contributed by atoms with Crippen LogP contribution in [-0.4, -0.2) is 4.57 Å². The molecule has 0 radical (unpaired) electrons. The van der Waals surface area contributed by atoms with E-state index in [9.17, 15) is 4.39 Å². The van der Waals surface area contributed by atoms with Crippen LogP contribution in [0, 0.1) is 12.7 Å². The largest absolute Gasteiger partial charge is 0.487 e. The Morgan fingerprint density at radius 3 is 2.70 bits per heavy atom. The van der Waals surface area contributed by atoms with Gasteiger partial charge in [0.05, 0.1) is 5.69 Å². The SMILES string of the molecule is Cc1ccccc1OCc1cc2cc(F)ccc2n1C. The number of halogens is 1. The van der Waals surface area contributed by atoms with Gasteiger partial charge in [0, 0.05) is 18.0 Å². The van der Waals surface area contributed by atoms with Gasteiger partial charge >= 0.3 is 0 Å². The first-order valence-corrected chi connectivity index (χ1v) is 6.57. The summed E-state index contributed by atoms with van der Waals surface area (Å²) in [6.45, 7) is 2.49. The minimum absolute atomic E-state index is 0.213. The summed E-state index contributed by atoms with van der Waals surface area (Å²) in [5, 5.41) is 0.899. The molecule has 0 bridgehead atoms. The van der Waals surface area contributed by atoms with Crippen molar-refractivity contribution in [2.75, 3.05) is 0 Å². The number of hydrogen-bond donors (Lipinski definition) is 0. The number of nitrogens with zero attached hydrogens (tertiary/aromatic N) is 1. The molecule has 0 aliphatic heterocycles. The smallest absolute Gasteiger partial charge is 0.128 e. The van der Waals surface area contributed by atoms with Gasteiger partial charge in [-0.1, -0.05) is 18.2 Å². The quantitative estimate of drug-likeness (QED) is 0.695. The fourth-order valence-electron chi connectivity index (χ4n) is 2.39. The summed E-state index contributed by atoms with van der Waals surface area (Å²) in [5.74, 6) is 0.665. The molecule has 0 fully saturated rings. The molecule has 3 aromatic rings. The lowest BCUT2D eigenvalue weighted by atomic mass is 10.2. The van der Waals surface area contributed by atoms with E-state index in [0.29, 0.717) is 6.61 Å². The highest BCUT2D eigenvalue weighted by atomic mass is 19.1. The molecule has 3 heteroatoms. The number of aromatic nitrogens is 1. The second kappa shape index (κ2) is 5.00. The zero-order valence-corrected chi connectivity index (χ0v) is 11.6. The molecule has 0 aliphatic rings. The van der Waals surface area contributed by atoms with Crippen LogP contribution in [0.25, 0.3) is 10.9 Å². The first kappa shape index (κ1) is 12.7. The zero-order valence-electron chi connectivity index (χ0n) is 11.6. The Bertz CT molecular complexity index is 761. The minimum Gasteiger partial charge on any atom is -0.487 e. The van der Waals surface area contributed by atoms with Crippen LogP contribution in [0.15, 0.2) is 48.5 Å². The van der Waals surface area contributed by atoms with Crippen molar-refractivity contribution in [1.29, 1.82) is 0 Å². The van der Waals surface area contributed by atoms with Gasteiger partial charge in [0.1, 0.15) is 18.2 Å². The average Bonchev–Trinajstić information content (AvgIpc) is 2.74. The second-order valence-corrected chi connectivity index (χ2v) is 4.95. The summed E-state index contributed by atoms with van der Waals surface area (Å²) in [6, 6.07) is 14.7. The summed E-state index contributed by atoms with van der Waals surface area (Å²) < 4.78 is 21.1. The third-order valence-corrected chi connectivity index (χ3v) is 3.57. The molecule has 1 aromatic heterocycles. The molecule has 1 heterocycles. The number of aryl methyl sites for hydroxylation is 2. The third kappa shape index (κ3) is 2.27. The van der Waals surface area contributed by atoms with Crippen molar-refractivity contribution in [3.63, 3.8) is 0 Å². The molecule has 20 heavy (non-hydrogen) atoms. The van der Waals surface area contributed by atoms with Crippen LogP contribution in [0.3, 0.4) is 0 Å². The van der Waals surface area contributed by atoms with Crippen LogP contribution >= 0.6 is 0 Å². The van der Waals surface area contributed by atoms with Gasteiger partial charge in [-0.15, -0.1) is 0 Å². The van der Waals surface area contributed by atoms with E-state index in [1.807, 2.05) is 48.9 Å². The highest BCUT2D eigenvalue weighted by molar-refractivity contribution is 5.81. The van der Waals surface area contributed by atoms with Crippen molar-refractivity contribution >= 4 is 10.9 Å². The van der Waals surface area contributed by atoms with E-state index in [4.69, 9.17) is 4.74 Å². The molecule has 0 amide bonds. The summed E-state index contributed by atoms with van der Waals surface area (Å²) in [4.78, 5) is 0. The molecule has 0 N–H and O–H groups in total. The Morgan fingerprint density at radius 1 is 1.10 bits per heavy atom. The molecule has 3 rings (SSSR count). The molecule has 0 unspecified atom stereocenters. The zero-order chi connectivity index (χ0) is 14.1. The Balaban J connectivity index is 1.88. The van der Waals surface area contributed by atoms with Gasteiger partial charge in [0.2, 0.25) is 0 Å². The van der Waals surface area contributed by atoms with E-state index >= 15 is 0 Å². The van der Waals surface area contributed by atoms with Crippen LogP contribution in [0.5, 0.6) is 5.75 Å². The summed E-state index contributed by atoms with van der Waals surface area (Å²) in [5.41, 5.74) is 3.14. The third-order valence-electron chi connectivity index (χ3n) is 3.57. The molecule has 0 saturated carbocycles. The number of hydrogen-bond acceptors (Lipinski definition) is 1. The number of ether oxygens (including phenoxy) is 1. The van der Waals surface area contributed by atoms with Crippen LogP contribution in [0.1, 0.15) is 11.3 Å². The van der Waals surface area contributed by atoms with Gasteiger partial charge < -0.3 is 9.30 Å². The van der Waals surface area contributed by atoms with Gasteiger partial charge in [-0.3, -0.25) is 0 Å². The van der Waals surface area contributed by atoms with E-state index in [2.05, 4.69) is 0 Å². The molecule has 0 spiro atoms. The number of benzene rings is 2.